The molecule has 0 radical (unpaired) electrons. The summed E-state index contributed by atoms with van der Waals surface area (Å²) in [6.07, 6.45) is 0.128. The molecule has 0 bridgehead atoms. The molecule has 3 aromatic rings. The highest BCUT2D eigenvalue weighted by atomic mass is 16.5. The fourth-order valence-corrected chi connectivity index (χ4v) is 3.76. The van der Waals surface area contributed by atoms with Gasteiger partial charge in [0, 0.05) is 35.5 Å². The highest BCUT2D eigenvalue weighted by molar-refractivity contribution is 6.25. The molecular weight excluding hydrogens is 412 g/mol. The van der Waals surface area contributed by atoms with E-state index in [2.05, 4.69) is 0 Å². The largest absolute Gasteiger partial charge is 0.497 e. The summed E-state index contributed by atoms with van der Waals surface area (Å²) in [5.41, 5.74) is 6.30. The lowest BCUT2D eigenvalue weighted by atomic mass is 9.94. The highest BCUT2D eigenvalue weighted by Gasteiger charge is 2.32. The molecular formula is C24H20N2O6. The summed E-state index contributed by atoms with van der Waals surface area (Å²) < 4.78 is 10.4. The fourth-order valence-electron chi connectivity index (χ4n) is 3.76. The van der Waals surface area contributed by atoms with E-state index in [1.54, 1.807) is 24.3 Å². The van der Waals surface area contributed by atoms with Gasteiger partial charge in [-0.15, -0.1) is 0 Å². The molecule has 8 heteroatoms. The van der Waals surface area contributed by atoms with Crippen molar-refractivity contribution in [3.05, 3.63) is 71.3 Å². The monoisotopic (exact) mass is 432 g/mol. The molecule has 0 unspecified atom stereocenters. The van der Waals surface area contributed by atoms with Gasteiger partial charge in [-0.1, -0.05) is 24.3 Å². The molecule has 1 aliphatic heterocycles. The van der Waals surface area contributed by atoms with Crippen LogP contribution in [0, 0.1) is 0 Å². The number of benzene rings is 3. The van der Waals surface area contributed by atoms with Gasteiger partial charge in [-0.2, -0.15) is 0 Å². The second-order valence-electron chi connectivity index (χ2n) is 7.28. The average molecular weight is 432 g/mol. The molecule has 162 valence electrons. The Bertz CT molecular complexity index is 1220. The number of ether oxygens (including phenoxy) is 2. The zero-order chi connectivity index (χ0) is 22.8. The number of imide groups is 1. The Labute approximate surface area is 183 Å². The van der Waals surface area contributed by atoms with Crippen molar-refractivity contribution in [3.63, 3.8) is 0 Å². The van der Waals surface area contributed by atoms with Gasteiger partial charge >= 0.3 is 5.97 Å². The maximum absolute atomic E-state index is 12.9. The molecule has 0 aliphatic carbocycles. The molecule has 0 saturated heterocycles. The summed E-state index contributed by atoms with van der Waals surface area (Å²) >= 11 is 0. The van der Waals surface area contributed by atoms with E-state index in [0.29, 0.717) is 22.3 Å². The number of esters is 1. The van der Waals surface area contributed by atoms with Gasteiger partial charge in [-0.25, -0.2) is 0 Å². The van der Waals surface area contributed by atoms with Crippen LogP contribution in [0.1, 0.15) is 43.9 Å². The minimum Gasteiger partial charge on any atom is -0.497 e. The van der Waals surface area contributed by atoms with Gasteiger partial charge in [-0.3, -0.25) is 24.1 Å². The number of carbonyl (C=O) groups is 4. The quantitative estimate of drug-likeness (QED) is 0.349. The Morgan fingerprint density at radius 2 is 1.62 bits per heavy atom. The van der Waals surface area contributed by atoms with Gasteiger partial charge in [0.2, 0.25) is 0 Å². The molecule has 0 spiro atoms. The Morgan fingerprint density at radius 3 is 2.22 bits per heavy atom. The summed E-state index contributed by atoms with van der Waals surface area (Å²) in [6, 6.07) is 15.0. The summed E-state index contributed by atoms with van der Waals surface area (Å²) in [5.74, 6) is -1.76. The molecule has 3 aromatic carbocycles. The van der Waals surface area contributed by atoms with Crippen molar-refractivity contribution in [1.29, 1.82) is 0 Å². The Hall–Kier alpha value is -4.20. The SMILES string of the molecule is COc1ccc(C(N)=O)c(OC(=O)CCCN2C(=O)c3cccc4cccc(c34)C2=O)c1. The summed E-state index contributed by atoms with van der Waals surface area (Å²) in [4.78, 5) is 50.9. The van der Waals surface area contributed by atoms with Gasteiger partial charge in [-0.05, 0) is 36.1 Å². The summed E-state index contributed by atoms with van der Waals surface area (Å²) in [7, 11) is 1.44. The van der Waals surface area contributed by atoms with Gasteiger partial charge in [0.25, 0.3) is 17.7 Å². The van der Waals surface area contributed by atoms with E-state index < -0.39 is 23.7 Å². The second-order valence-corrected chi connectivity index (χ2v) is 7.28. The van der Waals surface area contributed by atoms with Crippen molar-refractivity contribution in [1.82, 2.24) is 4.90 Å². The van der Waals surface area contributed by atoms with Crippen LogP contribution in [0.3, 0.4) is 0 Å². The number of carbonyl (C=O) groups excluding carboxylic acids is 4. The number of nitrogens with two attached hydrogens (primary N) is 1. The predicted molar refractivity (Wildman–Crippen MR) is 116 cm³/mol. The van der Waals surface area contributed by atoms with Crippen LogP contribution in [0.2, 0.25) is 0 Å². The van der Waals surface area contributed by atoms with Crippen molar-refractivity contribution in [2.45, 2.75) is 12.8 Å². The van der Waals surface area contributed by atoms with Crippen LogP contribution in [-0.4, -0.2) is 42.2 Å². The maximum atomic E-state index is 12.9. The first-order valence-corrected chi connectivity index (χ1v) is 9.97. The minimum atomic E-state index is -0.743. The van der Waals surface area contributed by atoms with Gasteiger partial charge in [0.1, 0.15) is 11.5 Å². The summed E-state index contributed by atoms with van der Waals surface area (Å²) in [5, 5.41) is 1.48. The van der Waals surface area contributed by atoms with E-state index in [-0.39, 0.29) is 30.7 Å². The molecule has 1 heterocycles. The van der Waals surface area contributed by atoms with E-state index in [0.717, 1.165) is 10.3 Å². The lowest BCUT2D eigenvalue weighted by Gasteiger charge is -2.27. The van der Waals surface area contributed by atoms with Crippen molar-refractivity contribution in [2.24, 2.45) is 5.73 Å². The van der Waals surface area contributed by atoms with Gasteiger partial charge < -0.3 is 15.2 Å². The van der Waals surface area contributed by atoms with Crippen LogP contribution >= 0.6 is 0 Å². The molecule has 1 aliphatic rings. The third kappa shape index (κ3) is 3.78. The molecule has 0 aromatic heterocycles. The third-order valence-electron chi connectivity index (χ3n) is 5.30. The van der Waals surface area contributed by atoms with Crippen LogP contribution in [0.25, 0.3) is 10.8 Å². The Morgan fingerprint density at radius 1 is 0.969 bits per heavy atom. The number of rotatable bonds is 7. The van der Waals surface area contributed by atoms with Crippen molar-refractivity contribution >= 4 is 34.5 Å². The smallest absolute Gasteiger partial charge is 0.311 e. The first-order valence-electron chi connectivity index (χ1n) is 9.97. The van der Waals surface area contributed by atoms with Crippen molar-refractivity contribution < 1.29 is 28.7 Å². The number of amides is 3. The van der Waals surface area contributed by atoms with E-state index in [1.165, 1.54) is 25.3 Å². The first kappa shape index (κ1) is 21.0. The van der Waals surface area contributed by atoms with Crippen molar-refractivity contribution in [3.8, 4) is 11.5 Å². The Balaban J connectivity index is 1.44. The molecule has 2 N–H and O–H groups in total. The zero-order valence-corrected chi connectivity index (χ0v) is 17.3. The van der Waals surface area contributed by atoms with E-state index in [9.17, 15) is 19.2 Å². The number of nitrogens with zero attached hydrogens (tertiary/aromatic N) is 1. The van der Waals surface area contributed by atoms with E-state index in [4.69, 9.17) is 15.2 Å². The lowest BCUT2D eigenvalue weighted by molar-refractivity contribution is -0.134. The molecule has 0 fully saturated rings. The van der Waals surface area contributed by atoms with E-state index >= 15 is 0 Å². The van der Waals surface area contributed by atoms with Crippen LogP contribution in [0.4, 0.5) is 0 Å². The average Bonchev–Trinajstić information content (AvgIpc) is 2.79. The molecule has 4 rings (SSSR count). The van der Waals surface area contributed by atoms with Crippen molar-refractivity contribution in [2.75, 3.05) is 13.7 Å². The van der Waals surface area contributed by atoms with Gasteiger partial charge in [0.05, 0.1) is 12.7 Å². The topological polar surface area (TPSA) is 116 Å². The van der Waals surface area contributed by atoms with Crippen LogP contribution in [0.15, 0.2) is 54.6 Å². The Kier molecular flexibility index (Phi) is 5.59. The normalized spacial score (nSPS) is 12.7. The third-order valence-corrected chi connectivity index (χ3v) is 5.30. The maximum Gasteiger partial charge on any atom is 0.311 e. The fraction of sp³-hybridized carbons (Fsp3) is 0.167. The first-order chi connectivity index (χ1) is 15.4. The van der Waals surface area contributed by atoms with Gasteiger partial charge in [0.15, 0.2) is 0 Å². The number of hydrogen-bond acceptors (Lipinski definition) is 6. The molecule has 3 amide bonds. The number of hydrogen-bond donors (Lipinski definition) is 1. The number of primary amides is 1. The molecule has 8 nitrogen and oxygen atoms in total. The minimum absolute atomic E-state index is 0.00687. The predicted octanol–water partition coefficient (Wildman–Crippen LogP) is 2.93. The van der Waals surface area contributed by atoms with Crippen LogP contribution in [-0.2, 0) is 4.79 Å². The lowest BCUT2D eigenvalue weighted by Crippen LogP contribution is -2.41. The number of methoxy groups -OCH3 is 1. The summed E-state index contributed by atoms with van der Waals surface area (Å²) in [6.45, 7) is 0.0538. The highest BCUT2D eigenvalue weighted by Crippen LogP contribution is 2.30. The second kappa shape index (κ2) is 8.50. The molecule has 0 saturated carbocycles. The molecule has 32 heavy (non-hydrogen) atoms. The zero-order valence-electron chi connectivity index (χ0n) is 17.3. The molecule has 0 atom stereocenters. The van der Waals surface area contributed by atoms with Crippen LogP contribution < -0.4 is 15.2 Å². The van der Waals surface area contributed by atoms with Crippen LogP contribution in [0.5, 0.6) is 11.5 Å². The van der Waals surface area contributed by atoms with E-state index in [1.807, 2.05) is 12.1 Å². The standard InChI is InChI=1S/C24H20N2O6/c1-31-15-10-11-16(22(25)28)19(13-15)32-20(27)9-4-12-26-23(29)17-7-2-5-14-6-3-8-18(21(14)17)24(26)30/h2-3,5-8,10-11,13H,4,9,12H2,1H3,(H2,25,28).